The summed E-state index contributed by atoms with van der Waals surface area (Å²) in [5.41, 5.74) is 6.43. The van der Waals surface area contributed by atoms with Crippen LogP contribution < -0.4 is 0 Å². The van der Waals surface area contributed by atoms with Crippen LogP contribution in [-0.4, -0.2) is 0 Å². The quantitative estimate of drug-likeness (QED) is 0.635. The van der Waals surface area contributed by atoms with Gasteiger partial charge in [-0.3, -0.25) is 0 Å². The van der Waals surface area contributed by atoms with Gasteiger partial charge in [0.15, 0.2) is 0 Å². The summed E-state index contributed by atoms with van der Waals surface area (Å²) >= 11 is 0. The van der Waals surface area contributed by atoms with E-state index in [-0.39, 0.29) is 0 Å². The summed E-state index contributed by atoms with van der Waals surface area (Å²) in [7, 11) is 0. The molecule has 0 saturated heterocycles. The summed E-state index contributed by atoms with van der Waals surface area (Å²) < 4.78 is 0. The van der Waals surface area contributed by atoms with E-state index in [0.717, 1.165) is 0 Å². The lowest BCUT2D eigenvalue weighted by atomic mass is 9.94. The second kappa shape index (κ2) is 6.80. The Labute approximate surface area is 111 Å². The van der Waals surface area contributed by atoms with Crippen molar-refractivity contribution in [1.29, 1.82) is 0 Å². The van der Waals surface area contributed by atoms with Crippen LogP contribution in [0.15, 0.2) is 49.0 Å². The fourth-order valence-corrected chi connectivity index (χ4v) is 1.96. The van der Waals surface area contributed by atoms with E-state index in [1.807, 2.05) is 26.0 Å². The van der Waals surface area contributed by atoms with E-state index in [1.54, 1.807) is 0 Å². The van der Waals surface area contributed by atoms with Crippen molar-refractivity contribution in [2.45, 2.75) is 27.7 Å². The zero-order valence-electron chi connectivity index (χ0n) is 11.8. The van der Waals surface area contributed by atoms with Gasteiger partial charge in [0.05, 0.1) is 0 Å². The Morgan fingerprint density at radius 2 is 1.44 bits per heavy atom. The van der Waals surface area contributed by atoms with Crippen LogP contribution in [0.25, 0.3) is 17.2 Å². The normalized spacial score (nSPS) is 9.33. The summed E-state index contributed by atoms with van der Waals surface area (Å²) in [6.07, 6.45) is 1.91. The summed E-state index contributed by atoms with van der Waals surface area (Å²) in [6.45, 7) is 12.2. The highest BCUT2D eigenvalue weighted by atomic mass is 14.1. The minimum atomic E-state index is 1.19. The number of rotatable bonds is 2. The van der Waals surface area contributed by atoms with Crippen molar-refractivity contribution >= 4 is 6.08 Å². The Morgan fingerprint density at radius 3 is 2.11 bits per heavy atom. The third-order valence-corrected chi connectivity index (χ3v) is 3.08. The fourth-order valence-electron chi connectivity index (χ4n) is 1.96. The van der Waals surface area contributed by atoms with Crippen LogP contribution in [0.2, 0.25) is 0 Å². The fraction of sp³-hybridized carbons (Fsp3) is 0.222. The molecule has 0 aliphatic rings. The molecule has 0 nitrogen and oxygen atoms in total. The van der Waals surface area contributed by atoms with Gasteiger partial charge in [0.25, 0.3) is 0 Å². The molecule has 0 N–H and O–H groups in total. The number of hydrogen-bond donors (Lipinski definition) is 0. The van der Waals surface area contributed by atoms with Crippen LogP contribution in [0.1, 0.15) is 30.5 Å². The van der Waals surface area contributed by atoms with Gasteiger partial charge in [0.2, 0.25) is 0 Å². The van der Waals surface area contributed by atoms with Gasteiger partial charge in [0.1, 0.15) is 0 Å². The van der Waals surface area contributed by atoms with Gasteiger partial charge in [-0.05, 0) is 41.7 Å². The molecule has 2 aromatic carbocycles. The third-order valence-electron chi connectivity index (χ3n) is 3.08. The van der Waals surface area contributed by atoms with Crippen LogP contribution in [0.5, 0.6) is 0 Å². The predicted molar refractivity (Wildman–Crippen MR) is 82.8 cm³/mol. The molecule has 0 radical (unpaired) electrons. The minimum absolute atomic E-state index is 1.19. The summed E-state index contributed by atoms with van der Waals surface area (Å²) in [5, 5.41) is 0. The van der Waals surface area contributed by atoms with Crippen molar-refractivity contribution in [2.75, 3.05) is 0 Å². The highest BCUT2D eigenvalue weighted by Gasteiger charge is 2.05. The van der Waals surface area contributed by atoms with Crippen molar-refractivity contribution in [3.8, 4) is 11.1 Å². The molecule has 0 unspecified atom stereocenters. The van der Waals surface area contributed by atoms with E-state index in [9.17, 15) is 0 Å². The number of benzene rings is 2. The van der Waals surface area contributed by atoms with E-state index in [1.165, 1.54) is 27.8 Å². The molecule has 0 fully saturated rings. The van der Waals surface area contributed by atoms with Crippen LogP contribution in [0.3, 0.4) is 0 Å². The maximum Gasteiger partial charge on any atom is -0.0109 e. The highest BCUT2D eigenvalue weighted by molar-refractivity contribution is 5.77. The van der Waals surface area contributed by atoms with Crippen LogP contribution in [0, 0.1) is 13.8 Å². The van der Waals surface area contributed by atoms with Crippen molar-refractivity contribution in [3.63, 3.8) is 0 Å². The van der Waals surface area contributed by atoms with E-state index in [0.29, 0.717) is 0 Å². The molecule has 18 heavy (non-hydrogen) atoms. The molecule has 0 amide bonds. The molecule has 0 aliphatic heterocycles. The maximum atomic E-state index is 3.87. The van der Waals surface area contributed by atoms with E-state index in [2.05, 4.69) is 56.8 Å². The van der Waals surface area contributed by atoms with Gasteiger partial charge in [-0.1, -0.05) is 69.0 Å². The molecule has 0 heterocycles. The van der Waals surface area contributed by atoms with Gasteiger partial charge >= 0.3 is 0 Å². The standard InChI is InChI=1S/C16H16.C2H6/c1-4-14-9-5-6-10-16(14)15-11-7-8-12(2)13(15)3;1-2/h4-11H,1H2,2-3H3;1-2H3. The Balaban J connectivity index is 0.000000771. The summed E-state index contributed by atoms with van der Waals surface area (Å²) in [6, 6.07) is 14.8. The molecule has 0 heteroatoms. The molecule has 0 bridgehead atoms. The largest absolute Gasteiger partial charge is 0.0984 e. The number of hydrogen-bond acceptors (Lipinski definition) is 0. The second-order valence-electron chi connectivity index (χ2n) is 4.04. The van der Waals surface area contributed by atoms with Gasteiger partial charge in [0, 0.05) is 0 Å². The zero-order valence-corrected chi connectivity index (χ0v) is 11.8. The molecule has 2 aromatic rings. The van der Waals surface area contributed by atoms with Gasteiger partial charge in [-0.25, -0.2) is 0 Å². The van der Waals surface area contributed by atoms with Crippen molar-refractivity contribution in [3.05, 3.63) is 65.7 Å². The Hall–Kier alpha value is -1.82. The van der Waals surface area contributed by atoms with Gasteiger partial charge < -0.3 is 0 Å². The van der Waals surface area contributed by atoms with Crippen molar-refractivity contribution in [2.24, 2.45) is 0 Å². The zero-order chi connectivity index (χ0) is 13.5. The minimum Gasteiger partial charge on any atom is -0.0984 e. The topological polar surface area (TPSA) is 0 Å². The van der Waals surface area contributed by atoms with Crippen LogP contribution in [0.4, 0.5) is 0 Å². The SMILES string of the molecule is C=Cc1ccccc1-c1cccc(C)c1C.CC. The molecular weight excluding hydrogens is 216 g/mol. The molecule has 94 valence electrons. The Morgan fingerprint density at radius 1 is 0.833 bits per heavy atom. The lowest BCUT2D eigenvalue weighted by Gasteiger charge is -2.11. The van der Waals surface area contributed by atoms with Crippen LogP contribution in [-0.2, 0) is 0 Å². The predicted octanol–water partition coefficient (Wildman–Crippen LogP) is 5.64. The van der Waals surface area contributed by atoms with E-state index < -0.39 is 0 Å². The van der Waals surface area contributed by atoms with Gasteiger partial charge in [-0.2, -0.15) is 0 Å². The monoisotopic (exact) mass is 238 g/mol. The molecule has 0 aromatic heterocycles. The molecule has 2 rings (SSSR count). The molecular formula is C18H22. The first-order chi connectivity index (χ1) is 8.74. The summed E-state index contributed by atoms with van der Waals surface area (Å²) in [5.74, 6) is 0. The molecule has 0 aliphatic carbocycles. The molecule has 0 atom stereocenters. The van der Waals surface area contributed by atoms with Crippen molar-refractivity contribution in [1.82, 2.24) is 0 Å². The molecule has 0 spiro atoms. The first-order valence-electron chi connectivity index (χ1n) is 6.52. The van der Waals surface area contributed by atoms with Gasteiger partial charge in [-0.15, -0.1) is 0 Å². The smallest absolute Gasteiger partial charge is 0.0109 e. The van der Waals surface area contributed by atoms with E-state index >= 15 is 0 Å². The van der Waals surface area contributed by atoms with Crippen molar-refractivity contribution < 1.29 is 0 Å². The second-order valence-corrected chi connectivity index (χ2v) is 4.04. The maximum absolute atomic E-state index is 3.87. The highest BCUT2D eigenvalue weighted by Crippen LogP contribution is 2.28. The average molecular weight is 238 g/mol. The number of aryl methyl sites for hydroxylation is 1. The average Bonchev–Trinajstić information content (AvgIpc) is 2.44. The first kappa shape index (κ1) is 14.2. The lowest BCUT2D eigenvalue weighted by molar-refractivity contribution is 1.34. The Bertz CT molecular complexity index is 521. The first-order valence-corrected chi connectivity index (χ1v) is 6.52. The molecule has 0 saturated carbocycles. The summed E-state index contributed by atoms with van der Waals surface area (Å²) in [4.78, 5) is 0. The third kappa shape index (κ3) is 2.89. The van der Waals surface area contributed by atoms with Crippen LogP contribution >= 0.6 is 0 Å². The Kier molecular flexibility index (Phi) is 5.38. The lowest BCUT2D eigenvalue weighted by Crippen LogP contribution is -1.89. The van der Waals surface area contributed by atoms with E-state index in [4.69, 9.17) is 0 Å².